The van der Waals surface area contributed by atoms with Crippen molar-refractivity contribution in [3.05, 3.63) is 76.2 Å². The van der Waals surface area contributed by atoms with Gasteiger partial charge in [0.05, 0.1) is 17.0 Å². The molecule has 0 aliphatic rings. The van der Waals surface area contributed by atoms with E-state index in [9.17, 15) is 9.59 Å². The summed E-state index contributed by atoms with van der Waals surface area (Å²) < 4.78 is 5.60. The fraction of sp³-hybridized carbons (Fsp3) is 0.240. The van der Waals surface area contributed by atoms with E-state index in [1.54, 1.807) is 36.3 Å². The predicted octanol–water partition coefficient (Wildman–Crippen LogP) is 4.15. The minimum atomic E-state index is -0.219. The van der Waals surface area contributed by atoms with Gasteiger partial charge in [0.15, 0.2) is 10.6 Å². The molecular formula is C25H26N6O2S. The van der Waals surface area contributed by atoms with Gasteiger partial charge in [-0.25, -0.2) is 4.68 Å². The molecule has 0 saturated heterocycles. The van der Waals surface area contributed by atoms with Gasteiger partial charge in [0.1, 0.15) is 5.52 Å². The molecule has 2 aromatic carbocycles. The second kappa shape index (κ2) is 8.18. The van der Waals surface area contributed by atoms with Crippen molar-refractivity contribution in [2.45, 2.75) is 13.0 Å². The minimum Gasteiger partial charge on any atom is -0.360 e. The van der Waals surface area contributed by atoms with Crippen molar-refractivity contribution in [3.63, 3.8) is 0 Å². The van der Waals surface area contributed by atoms with Crippen LogP contribution in [0.25, 0.3) is 26.8 Å². The van der Waals surface area contributed by atoms with Gasteiger partial charge in [0.2, 0.25) is 0 Å². The third kappa shape index (κ3) is 3.40. The maximum absolute atomic E-state index is 14.0. The monoisotopic (exact) mass is 474 g/mol. The molecule has 0 saturated carbocycles. The molecule has 5 aromatic rings. The number of hydrogen-bond donors (Lipinski definition) is 1. The van der Waals surface area contributed by atoms with Gasteiger partial charge in [-0.15, -0.1) is 0 Å². The molecule has 0 spiro atoms. The zero-order valence-electron chi connectivity index (χ0n) is 19.7. The van der Waals surface area contributed by atoms with Crippen LogP contribution >= 0.6 is 11.5 Å². The first-order chi connectivity index (χ1) is 16.3. The molecule has 9 heteroatoms. The van der Waals surface area contributed by atoms with Crippen LogP contribution in [0.4, 0.5) is 5.82 Å². The van der Waals surface area contributed by atoms with E-state index in [4.69, 9.17) is 0 Å². The number of aromatic nitrogens is 4. The lowest BCUT2D eigenvalue weighted by Crippen LogP contribution is -2.29. The topological polar surface area (TPSA) is 77.1 Å². The number of fused-ring (bicyclic) bond motifs is 2. The number of aryl methyl sites for hydroxylation is 2. The number of pyridine rings is 1. The number of carbonyl (C=O) groups excluding carboxylic acids is 1. The molecule has 0 unspecified atom stereocenters. The summed E-state index contributed by atoms with van der Waals surface area (Å²) in [6, 6.07) is 16.7. The number of anilines is 1. The summed E-state index contributed by atoms with van der Waals surface area (Å²) in [7, 11) is 7.29. The van der Waals surface area contributed by atoms with Gasteiger partial charge in [0.25, 0.3) is 11.5 Å². The average molecular weight is 475 g/mol. The Hall–Kier alpha value is -3.85. The number of carbonyl (C=O) groups is 1. The molecule has 0 bridgehead atoms. The fourth-order valence-electron chi connectivity index (χ4n) is 4.37. The fourth-order valence-corrected chi connectivity index (χ4v) is 5.24. The lowest BCUT2D eigenvalue weighted by molar-refractivity contribution is 0.0829. The van der Waals surface area contributed by atoms with Crippen LogP contribution in [0.3, 0.4) is 0 Å². The van der Waals surface area contributed by atoms with E-state index < -0.39 is 0 Å². The van der Waals surface area contributed by atoms with Gasteiger partial charge in [-0.1, -0.05) is 30.3 Å². The third-order valence-electron chi connectivity index (χ3n) is 6.05. The summed E-state index contributed by atoms with van der Waals surface area (Å²) in [6.07, 6.45) is 0. The van der Waals surface area contributed by atoms with Gasteiger partial charge in [-0.05, 0) is 48.1 Å². The Labute approximate surface area is 200 Å². The molecule has 0 radical (unpaired) electrons. The molecular weight excluding hydrogens is 448 g/mol. The van der Waals surface area contributed by atoms with E-state index in [2.05, 4.69) is 14.4 Å². The Morgan fingerprint density at radius 1 is 1.09 bits per heavy atom. The molecule has 1 atom stereocenters. The van der Waals surface area contributed by atoms with Crippen molar-refractivity contribution >= 4 is 44.4 Å². The van der Waals surface area contributed by atoms with E-state index in [-0.39, 0.29) is 17.5 Å². The summed E-state index contributed by atoms with van der Waals surface area (Å²) in [5, 5.41) is 9.27. The first-order valence-corrected chi connectivity index (χ1v) is 11.8. The summed E-state index contributed by atoms with van der Waals surface area (Å²) in [6.45, 7) is 2.03. The standard InChI is InChI=1S/C25H26N6O2S/c1-15(26-22-21-23(27-29(22)4)34-30(21)5)19-14-16-10-9-13-18(24(32)28(2)3)20(16)25(33)31(19)17-11-7-6-8-12-17/h6-15,26H,1-5H3/t15-/m0/s1. The van der Waals surface area contributed by atoms with Gasteiger partial charge in [0, 0.05) is 39.6 Å². The van der Waals surface area contributed by atoms with E-state index >= 15 is 0 Å². The van der Waals surface area contributed by atoms with E-state index in [0.717, 1.165) is 32.9 Å². The normalized spacial score (nSPS) is 12.4. The highest BCUT2D eigenvalue weighted by atomic mass is 32.1. The van der Waals surface area contributed by atoms with Crippen molar-refractivity contribution < 1.29 is 4.79 Å². The van der Waals surface area contributed by atoms with Crippen molar-refractivity contribution in [1.82, 2.24) is 23.2 Å². The van der Waals surface area contributed by atoms with E-state index in [1.165, 1.54) is 4.90 Å². The first kappa shape index (κ1) is 22.0. The summed E-state index contributed by atoms with van der Waals surface area (Å²) in [4.78, 5) is 29.3. The molecule has 0 aliphatic carbocycles. The number of rotatable bonds is 5. The van der Waals surface area contributed by atoms with Gasteiger partial charge in [-0.3, -0.25) is 18.1 Å². The number of hydrogen-bond acceptors (Lipinski definition) is 5. The molecule has 1 amide bonds. The molecule has 0 fully saturated rings. The highest BCUT2D eigenvalue weighted by Crippen LogP contribution is 2.33. The molecule has 34 heavy (non-hydrogen) atoms. The van der Waals surface area contributed by atoms with Crippen LogP contribution in [0.2, 0.25) is 0 Å². The molecule has 5 rings (SSSR count). The van der Waals surface area contributed by atoms with Crippen LogP contribution in [0.1, 0.15) is 29.0 Å². The summed E-state index contributed by atoms with van der Waals surface area (Å²) in [5.41, 5.74) is 2.77. The number of benzene rings is 2. The van der Waals surface area contributed by atoms with E-state index in [1.807, 2.05) is 74.2 Å². The van der Waals surface area contributed by atoms with Crippen LogP contribution in [0.5, 0.6) is 0 Å². The molecule has 8 nitrogen and oxygen atoms in total. The number of nitrogens with one attached hydrogen (secondary N) is 1. The van der Waals surface area contributed by atoms with Crippen LogP contribution in [0, 0.1) is 0 Å². The highest BCUT2D eigenvalue weighted by Gasteiger charge is 2.23. The molecule has 1 N–H and O–H groups in total. The van der Waals surface area contributed by atoms with Gasteiger partial charge in [-0.2, -0.15) is 5.10 Å². The molecule has 3 heterocycles. The second-order valence-corrected chi connectivity index (χ2v) is 9.71. The third-order valence-corrected chi connectivity index (χ3v) is 6.96. The zero-order valence-corrected chi connectivity index (χ0v) is 20.6. The number of nitrogens with zero attached hydrogens (tertiary/aromatic N) is 5. The average Bonchev–Trinajstić information content (AvgIpc) is 3.07. The lowest BCUT2D eigenvalue weighted by Gasteiger charge is -2.23. The van der Waals surface area contributed by atoms with Crippen molar-refractivity contribution in [3.8, 4) is 5.69 Å². The quantitative estimate of drug-likeness (QED) is 0.415. The predicted molar refractivity (Wildman–Crippen MR) is 137 cm³/mol. The maximum Gasteiger partial charge on any atom is 0.264 e. The Balaban J connectivity index is 1.74. The van der Waals surface area contributed by atoms with Crippen molar-refractivity contribution in [2.24, 2.45) is 14.1 Å². The SMILES string of the molecule is C[C@H](Nc1c2c(nn1C)sn2C)c1cc2cccc(C(=O)N(C)C)c2c(=O)n1-c1ccccc1. The Morgan fingerprint density at radius 2 is 1.82 bits per heavy atom. The molecule has 0 aliphatic heterocycles. The van der Waals surface area contributed by atoms with Gasteiger partial charge < -0.3 is 10.2 Å². The van der Waals surface area contributed by atoms with Crippen LogP contribution < -0.4 is 10.9 Å². The summed E-state index contributed by atoms with van der Waals surface area (Å²) in [5.74, 6) is 0.698. The van der Waals surface area contributed by atoms with E-state index in [0.29, 0.717) is 10.9 Å². The lowest BCUT2D eigenvalue weighted by atomic mass is 10.0. The van der Waals surface area contributed by atoms with Crippen LogP contribution in [-0.4, -0.2) is 43.2 Å². The Bertz CT molecular complexity index is 1590. The maximum atomic E-state index is 14.0. The summed E-state index contributed by atoms with van der Waals surface area (Å²) >= 11 is 1.59. The molecule has 174 valence electrons. The molecule has 3 aromatic heterocycles. The zero-order chi connectivity index (χ0) is 24.1. The highest BCUT2D eigenvalue weighted by molar-refractivity contribution is 7.15. The smallest absolute Gasteiger partial charge is 0.264 e. The van der Waals surface area contributed by atoms with Crippen molar-refractivity contribution in [1.29, 1.82) is 0 Å². The Morgan fingerprint density at radius 3 is 2.50 bits per heavy atom. The van der Waals surface area contributed by atoms with Gasteiger partial charge >= 0.3 is 0 Å². The first-order valence-electron chi connectivity index (χ1n) is 11.0. The van der Waals surface area contributed by atoms with Crippen molar-refractivity contribution in [2.75, 3.05) is 19.4 Å². The minimum absolute atomic E-state index is 0.198. The Kier molecular flexibility index (Phi) is 5.28. The number of amides is 1. The van der Waals surface area contributed by atoms with Crippen LogP contribution in [0.15, 0.2) is 59.4 Å². The van der Waals surface area contributed by atoms with Crippen LogP contribution in [-0.2, 0) is 14.1 Å². The largest absolute Gasteiger partial charge is 0.360 e. The second-order valence-electron chi connectivity index (χ2n) is 8.60. The number of para-hydroxylation sites is 1.